The van der Waals surface area contributed by atoms with Crippen molar-refractivity contribution in [2.45, 2.75) is 33.4 Å². The number of anilines is 2. The molecule has 0 radical (unpaired) electrons. The number of hydrogen-bond donors (Lipinski definition) is 1. The average Bonchev–Trinajstić information content (AvgIpc) is 3.04. The van der Waals surface area contributed by atoms with Gasteiger partial charge in [0, 0.05) is 35.1 Å². The number of pyridine rings is 1. The van der Waals surface area contributed by atoms with E-state index in [0.29, 0.717) is 24.8 Å². The lowest BCUT2D eigenvalue weighted by molar-refractivity contribution is 0.331. The fourth-order valence-electron chi connectivity index (χ4n) is 4.42. The summed E-state index contributed by atoms with van der Waals surface area (Å²) in [5.74, 6) is 2.76. The van der Waals surface area contributed by atoms with E-state index in [2.05, 4.69) is 51.8 Å². The lowest BCUT2D eigenvalue weighted by atomic mass is 10.0. The van der Waals surface area contributed by atoms with Gasteiger partial charge in [-0.05, 0) is 51.2 Å². The van der Waals surface area contributed by atoms with Crippen molar-refractivity contribution in [1.82, 2.24) is 24.8 Å². The second kappa shape index (κ2) is 9.15. The average molecular weight is 476 g/mol. The molecule has 0 atom stereocenters. The zero-order valence-electron chi connectivity index (χ0n) is 20.0. The molecule has 34 heavy (non-hydrogen) atoms. The fourth-order valence-corrected chi connectivity index (χ4v) is 5.08. The number of fused-ring (bicyclic) bond motifs is 2. The fraction of sp³-hybridized carbons (Fsp3) is 0.360. The van der Waals surface area contributed by atoms with E-state index in [0.717, 1.165) is 63.1 Å². The highest BCUT2D eigenvalue weighted by Crippen LogP contribution is 2.33. The molecule has 3 aromatic heterocycles. The normalized spacial score (nSPS) is 13.7. The summed E-state index contributed by atoms with van der Waals surface area (Å²) in [5.41, 5.74) is 12.1. The Morgan fingerprint density at radius 1 is 1.15 bits per heavy atom. The van der Waals surface area contributed by atoms with E-state index >= 15 is 0 Å². The molecule has 9 heteroatoms. The number of hydrogen-bond acceptors (Lipinski definition) is 9. The molecule has 0 amide bonds. The number of thiazole rings is 1. The van der Waals surface area contributed by atoms with Crippen LogP contribution in [-0.4, -0.2) is 52.1 Å². The van der Waals surface area contributed by atoms with Gasteiger partial charge < -0.3 is 20.3 Å². The molecule has 0 spiro atoms. The van der Waals surface area contributed by atoms with Crippen molar-refractivity contribution in [2.75, 3.05) is 37.9 Å². The van der Waals surface area contributed by atoms with Crippen molar-refractivity contribution >= 4 is 32.6 Å². The molecular weight excluding hydrogens is 446 g/mol. The molecule has 0 fully saturated rings. The smallest absolute Gasteiger partial charge is 0.182 e. The van der Waals surface area contributed by atoms with E-state index in [1.54, 1.807) is 0 Å². The van der Waals surface area contributed by atoms with Crippen LogP contribution in [0, 0.1) is 6.92 Å². The predicted octanol–water partition coefficient (Wildman–Crippen LogP) is 4.06. The second-order valence-corrected chi connectivity index (χ2v) is 9.82. The molecule has 0 saturated carbocycles. The Bertz CT molecular complexity index is 1350. The van der Waals surface area contributed by atoms with Crippen LogP contribution in [0.15, 0.2) is 30.5 Å². The Kier molecular flexibility index (Phi) is 6.05. The van der Waals surface area contributed by atoms with Crippen molar-refractivity contribution in [3.05, 3.63) is 53.1 Å². The molecule has 4 heterocycles. The third kappa shape index (κ3) is 4.41. The van der Waals surface area contributed by atoms with Crippen LogP contribution in [0.25, 0.3) is 21.5 Å². The van der Waals surface area contributed by atoms with Crippen LogP contribution in [0.4, 0.5) is 10.9 Å². The van der Waals surface area contributed by atoms with Crippen LogP contribution in [0.1, 0.15) is 29.6 Å². The van der Waals surface area contributed by atoms with Crippen molar-refractivity contribution < 1.29 is 4.74 Å². The van der Waals surface area contributed by atoms with Crippen molar-refractivity contribution in [3.8, 4) is 16.9 Å². The number of benzene rings is 1. The largest absolute Gasteiger partial charge is 0.491 e. The van der Waals surface area contributed by atoms with Gasteiger partial charge in [0.1, 0.15) is 34.3 Å². The van der Waals surface area contributed by atoms with Gasteiger partial charge in [0.2, 0.25) is 0 Å². The topological polar surface area (TPSA) is 93.3 Å². The highest BCUT2D eigenvalue weighted by molar-refractivity contribution is 7.21. The Balaban J connectivity index is 1.51. The number of rotatable bonds is 5. The lowest BCUT2D eigenvalue weighted by Gasteiger charge is -2.25. The quantitative estimate of drug-likeness (QED) is 0.462. The first kappa shape index (κ1) is 22.5. The number of nitrogens with two attached hydrogens (primary N) is 1. The van der Waals surface area contributed by atoms with Crippen LogP contribution in [0.5, 0.6) is 5.75 Å². The van der Waals surface area contributed by atoms with Gasteiger partial charge in [0.25, 0.3) is 0 Å². The third-order valence-corrected chi connectivity index (χ3v) is 6.80. The van der Waals surface area contributed by atoms with E-state index in [1.165, 1.54) is 16.9 Å². The maximum atomic E-state index is 6.13. The summed E-state index contributed by atoms with van der Waals surface area (Å²) < 4.78 is 6.13. The Morgan fingerprint density at radius 2 is 2.00 bits per heavy atom. The van der Waals surface area contributed by atoms with Crippen LogP contribution < -0.4 is 15.4 Å². The molecule has 1 aromatic carbocycles. The molecule has 0 saturated heterocycles. The van der Waals surface area contributed by atoms with Gasteiger partial charge in [-0.15, -0.1) is 0 Å². The zero-order valence-corrected chi connectivity index (χ0v) is 20.8. The van der Waals surface area contributed by atoms with Crippen molar-refractivity contribution in [3.63, 3.8) is 0 Å². The monoisotopic (exact) mass is 475 g/mol. The Morgan fingerprint density at radius 3 is 2.79 bits per heavy atom. The number of ether oxygens (including phenoxy) is 1. The molecule has 4 aromatic rings. The van der Waals surface area contributed by atoms with Gasteiger partial charge in [-0.2, -0.15) is 0 Å². The standard InChI is InChI=1S/C25H29N7OS/c1-5-19-15(2)28-22(14-31(3)4)30-23(19)32-8-9-33-21-7-6-16(10-18(21)13-32)17-11-20-24(27-12-17)34-25(26)29-20/h6-7,10-12H,5,8-9,13-14H2,1-4H3,(H2,26,29). The number of aryl methyl sites for hydroxylation is 1. The SMILES string of the molecule is CCc1c(C)nc(CN(C)C)nc1N1CCOc2ccc(-c3cnc4sc(N)nc4c3)cc2C1. The van der Waals surface area contributed by atoms with Crippen LogP contribution in [0.2, 0.25) is 0 Å². The van der Waals surface area contributed by atoms with Crippen molar-refractivity contribution in [2.24, 2.45) is 0 Å². The molecular formula is C25H29N7OS. The first-order valence-corrected chi connectivity index (χ1v) is 12.3. The number of nitrogens with zero attached hydrogens (tertiary/aromatic N) is 6. The molecule has 5 rings (SSSR count). The summed E-state index contributed by atoms with van der Waals surface area (Å²) in [6.45, 7) is 7.04. The minimum atomic E-state index is 0.533. The highest BCUT2D eigenvalue weighted by atomic mass is 32.1. The summed E-state index contributed by atoms with van der Waals surface area (Å²) in [7, 11) is 4.08. The maximum absolute atomic E-state index is 6.13. The summed E-state index contributed by atoms with van der Waals surface area (Å²) in [6.07, 6.45) is 2.77. The van der Waals surface area contributed by atoms with E-state index in [9.17, 15) is 0 Å². The Hall–Kier alpha value is -3.30. The summed E-state index contributed by atoms with van der Waals surface area (Å²) in [6, 6.07) is 8.36. The van der Waals surface area contributed by atoms with Gasteiger partial charge in [0.15, 0.2) is 5.13 Å². The van der Waals surface area contributed by atoms with E-state index < -0.39 is 0 Å². The summed E-state index contributed by atoms with van der Waals surface area (Å²) >= 11 is 1.40. The number of aromatic nitrogens is 4. The van der Waals surface area contributed by atoms with Crippen LogP contribution >= 0.6 is 11.3 Å². The first-order valence-electron chi connectivity index (χ1n) is 11.5. The molecule has 1 aliphatic heterocycles. The lowest BCUT2D eigenvalue weighted by Crippen LogP contribution is -2.29. The van der Waals surface area contributed by atoms with Gasteiger partial charge in [-0.3, -0.25) is 0 Å². The van der Waals surface area contributed by atoms with Crippen LogP contribution in [0.3, 0.4) is 0 Å². The molecule has 0 aliphatic carbocycles. The first-order chi connectivity index (χ1) is 16.4. The van der Waals surface area contributed by atoms with Gasteiger partial charge in [-0.25, -0.2) is 19.9 Å². The highest BCUT2D eigenvalue weighted by Gasteiger charge is 2.22. The van der Waals surface area contributed by atoms with E-state index in [-0.39, 0.29) is 0 Å². The van der Waals surface area contributed by atoms with Gasteiger partial charge >= 0.3 is 0 Å². The van der Waals surface area contributed by atoms with Gasteiger partial charge in [0.05, 0.1) is 13.1 Å². The molecule has 176 valence electrons. The van der Waals surface area contributed by atoms with Crippen LogP contribution in [-0.2, 0) is 19.5 Å². The minimum absolute atomic E-state index is 0.533. The molecule has 0 unspecified atom stereocenters. The maximum Gasteiger partial charge on any atom is 0.182 e. The Labute approximate surface area is 203 Å². The van der Waals surface area contributed by atoms with Gasteiger partial charge in [-0.1, -0.05) is 24.3 Å². The van der Waals surface area contributed by atoms with E-state index in [1.807, 2.05) is 26.4 Å². The molecule has 1 aliphatic rings. The third-order valence-electron chi connectivity index (χ3n) is 5.99. The van der Waals surface area contributed by atoms with E-state index in [4.69, 9.17) is 20.4 Å². The zero-order chi connectivity index (χ0) is 23.8. The predicted molar refractivity (Wildman–Crippen MR) is 137 cm³/mol. The molecule has 2 N–H and O–H groups in total. The molecule has 0 bridgehead atoms. The minimum Gasteiger partial charge on any atom is -0.491 e. The number of nitrogen functional groups attached to an aromatic ring is 1. The summed E-state index contributed by atoms with van der Waals surface area (Å²) in [5, 5.41) is 0.533. The van der Waals surface area contributed by atoms with Crippen molar-refractivity contribution in [1.29, 1.82) is 0 Å². The molecule has 8 nitrogen and oxygen atoms in total. The second-order valence-electron chi connectivity index (χ2n) is 8.81. The summed E-state index contributed by atoms with van der Waals surface area (Å²) in [4.78, 5) is 24.0.